The van der Waals surface area contributed by atoms with Crippen LogP contribution in [0.5, 0.6) is 0 Å². The maximum Gasteiger partial charge on any atom is 0.415 e. The number of esters is 8. The van der Waals surface area contributed by atoms with Crippen molar-refractivity contribution >= 4 is 95.9 Å². The first-order valence-corrected chi connectivity index (χ1v) is 25.8. The Labute approximate surface area is 458 Å². The number of alkyl halides is 8. The van der Waals surface area contributed by atoms with Gasteiger partial charge in [-0.05, 0) is 89.4 Å². The van der Waals surface area contributed by atoms with Crippen LogP contribution in [0.3, 0.4) is 0 Å². The molecule has 0 aromatic rings. The molecule has 4 fully saturated rings. The van der Waals surface area contributed by atoms with Crippen molar-refractivity contribution in [1.29, 1.82) is 0 Å². The summed E-state index contributed by atoms with van der Waals surface area (Å²) in [7, 11) is 0. The van der Waals surface area contributed by atoms with Crippen molar-refractivity contribution in [3.05, 3.63) is 0 Å². The molecule has 4 aliphatic carbocycles. The van der Waals surface area contributed by atoms with E-state index in [1.54, 1.807) is 0 Å². The van der Waals surface area contributed by atoms with E-state index in [4.69, 9.17) is 14.2 Å². The first kappa shape index (κ1) is 73.1. The number of rotatable bonds is 29. The molecular weight excluding hydrogens is 1200 g/mol. The van der Waals surface area contributed by atoms with Gasteiger partial charge in [-0.15, -0.1) is 0 Å². The van der Waals surface area contributed by atoms with Crippen LogP contribution in [0.2, 0.25) is 0 Å². The van der Waals surface area contributed by atoms with E-state index in [1.807, 2.05) is 0 Å². The highest BCUT2D eigenvalue weighted by molar-refractivity contribution is 7.97. The van der Waals surface area contributed by atoms with Crippen molar-refractivity contribution in [2.75, 3.05) is 33.0 Å². The van der Waals surface area contributed by atoms with E-state index < -0.39 is 143 Å². The largest absolute Gasteiger partial charge is 0.691 e. The molecule has 458 valence electrons. The second kappa shape index (κ2) is 40.3. The summed E-state index contributed by atoms with van der Waals surface area (Å²) < 4.78 is 152. The lowest BCUT2D eigenvalue weighted by Crippen LogP contribution is -2.32. The van der Waals surface area contributed by atoms with Crippen molar-refractivity contribution in [1.82, 2.24) is 0 Å². The standard InChI is InChI=1S/C12H18F2O7S.C11H16F2O7S.2C8H10F2O7S/c13-12(14,22-21-20-17)11(16)18-8-10(15)19-9-6-4-2-1-3-5-7-9;12-11(13,21-20-19-16)10(15)17-7-9(14)18-8-5-3-1-2-4-6-8;9-8(10,18-17-16-13)7(12)15-4-6(11)14-3-5-1-2-5;9-8(10,18-17-16-13)7(12)14-4-6(11)15-5-2-1-3-5/h9,17H,1-8H2;8,16H,1-7H2;2*5,13H,1-4H2/p-4. The summed E-state index contributed by atoms with van der Waals surface area (Å²) in [5.41, 5.74) is 0. The maximum absolute atomic E-state index is 13.0. The predicted molar refractivity (Wildman–Crippen MR) is 230 cm³/mol. The van der Waals surface area contributed by atoms with E-state index in [1.165, 1.54) is 0 Å². The Bertz CT molecular complexity index is 1830. The average molecular weight is 1250 g/mol. The molecule has 4 aliphatic rings. The van der Waals surface area contributed by atoms with E-state index in [2.05, 4.69) is 61.2 Å². The van der Waals surface area contributed by atoms with Crippen LogP contribution < -0.4 is 21.0 Å². The molecule has 28 nitrogen and oxygen atoms in total. The number of halogens is 8. The molecule has 0 radical (unpaired) electrons. The van der Waals surface area contributed by atoms with Gasteiger partial charge in [0.05, 0.1) is 6.61 Å². The first-order chi connectivity index (χ1) is 37.3. The third-order valence-electron chi connectivity index (χ3n) is 9.88. The van der Waals surface area contributed by atoms with Crippen molar-refractivity contribution in [2.45, 2.75) is 155 Å². The number of hydrogen-bond acceptors (Lipinski definition) is 32. The minimum atomic E-state index is -4.16. The number of hydrogen-bond donors (Lipinski definition) is 0. The third kappa shape index (κ3) is 34.9. The molecule has 0 aromatic heterocycles. The van der Waals surface area contributed by atoms with Gasteiger partial charge in [-0.3, -0.25) is 20.2 Å². The summed E-state index contributed by atoms with van der Waals surface area (Å²) in [6.45, 7) is -3.52. The Hall–Kier alpha value is -3.88. The minimum absolute atomic E-state index is 0.189. The molecule has 79 heavy (non-hydrogen) atoms. The monoisotopic (exact) mass is 1250 g/mol. The average Bonchev–Trinajstić information content (AvgIpc) is 4.26. The second-order valence-corrected chi connectivity index (χ2v) is 19.2. The van der Waals surface area contributed by atoms with Crippen LogP contribution in [-0.4, -0.2) is 120 Å². The summed E-state index contributed by atoms with van der Waals surface area (Å²) in [6, 6.07) is 0. The smallest absolute Gasteiger partial charge is 0.415 e. The highest BCUT2D eigenvalue weighted by Crippen LogP contribution is 2.34. The molecule has 4 rings (SSSR count). The van der Waals surface area contributed by atoms with Crippen LogP contribution in [-0.2, 0) is 114 Å². The number of carbonyl (C=O) groups excluding carboxylic acids is 8. The topological polar surface area (TPSA) is 376 Å². The van der Waals surface area contributed by atoms with Gasteiger partial charge < -0.3 is 58.9 Å². The Kier molecular flexibility index (Phi) is 37.3. The van der Waals surface area contributed by atoms with Crippen LogP contribution >= 0.6 is 48.2 Å². The zero-order chi connectivity index (χ0) is 59.3. The van der Waals surface area contributed by atoms with E-state index in [0.717, 1.165) is 77.0 Å². The minimum Gasteiger partial charge on any atom is -0.691 e. The Morgan fingerprint density at radius 3 is 0.810 bits per heavy atom. The van der Waals surface area contributed by atoms with Crippen LogP contribution in [0.15, 0.2) is 0 Å². The van der Waals surface area contributed by atoms with Gasteiger partial charge in [0, 0.05) is 0 Å². The first-order valence-electron chi connectivity index (χ1n) is 22.8. The fraction of sp³-hybridized carbons (Fsp3) is 0.795. The molecule has 4 saturated carbocycles. The van der Waals surface area contributed by atoms with Gasteiger partial charge in [-0.1, -0.05) is 32.1 Å². The van der Waals surface area contributed by atoms with Gasteiger partial charge in [-0.25, -0.2) is 38.4 Å². The molecule has 0 heterocycles. The van der Waals surface area contributed by atoms with Crippen molar-refractivity contribution in [3.63, 3.8) is 0 Å². The normalized spacial score (nSPS) is 16.5. The summed E-state index contributed by atoms with van der Waals surface area (Å²) in [5.74, 6) is -11.4. The van der Waals surface area contributed by atoms with E-state index in [0.29, 0.717) is 44.4 Å². The van der Waals surface area contributed by atoms with Crippen LogP contribution in [0.25, 0.3) is 0 Å². The van der Waals surface area contributed by atoms with E-state index >= 15 is 0 Å². The molecule has 0 spiro atoms. The third-order valence-corrected chi connectivity index (χ3v) is 11.9. The second-order valence-electron chi connectivity index (χ2n) is 16.0. The lowest BCUT2D eigenvalue weighted by molar-refractivity contribution is -0.777. The summed E-state index contributed by atoms with van der Waals surface area (Å²) in [6.07, 6.45) is 15.4. The summed E-state index contributed by atoms with van der Waals surface area (Å²) in [4.78, 5) is 88.5. The predicted octanol–water partition coefficient (Wildman–Crippen LogP) is 2.95. The molecular formula is C39H50F8O28S4-4. The maximum atomic E-state index is 13.0. The van der Waals surface area contributed by atoms with E-state index in [-0.39, 0.29) is 24.9 Å². The van der Waals surface area contributed by atoms with Crippen molar-refractivity contribution in [3.8, 4) is 0 Å². The quantitative estimate of drug-likeness (QED) is 0.0198. The highest BCUT2D eigenvalue weighted by Gasteiger charge is 2.47. The van der Waals surface area contributed by atoms with E-state index in [9.17, 15) is 94.5 Å². The van der Waals surface area contributed by atoms with Crippen LogP contribution in [0.1, 0.15) is 116 Å². The molecule has 0 unspecified atom stereocenters. The van der Waals surface area contributed by atoms with Crippen LogP contribution in [0, 0.1) is 5.92 Å². The Morgan fingerprint density at radius 2 is 0.582 bits per heavy atom. The molecule has 40 heteroatoms. The van der Waals surface area contributed by atoms with Gasteiger partial charge in [-0.2, -0.15) is 52.5 Å². The molecule has 0 aliphatic heterocycles. The molecule has 0 amide bonds. The molecule has 0 bridgehead atoms. The summed E-state index contributed by atoms with van der Waals surface area (Å²) >= 11 is -3.29. The van der Waals surface area contributed by atoms with Gasteiger partial charge >= 0.3 is 68.8 Å². The lowest BCUT2D eigenvalue weighted by Gasteiger charge is -2.25. The van der Waals surface area contributed by atoms with Crippen molar-refractivity contribution < 1.29 is 170 Å². The number of carbonyl (C=O) groups is 8. The molecule has 0 aromatic carbocycles. The fourth-order valence-electron chi connectivity index (χ4n) is 5.78. The van der Waals surface area contributed by atoms with Gasteiger partial charge in [0.2, 0.25) is 0 Å². The van der Waals surface area contributed by atoms with Gasteiger partial charge in [0.15, 0.2) is 26.4 Å². The van der Waals surface area contributed by atoms with Gasteiger partial charge in [0.25, 0.3) is 0 Å². The Morgan fingerprint density at radius 1 is 0.342 bits per heavy atom. The molecule has 0 atom stereocenters. The summed E-state index contributed by atoms with van der Waals surface area (Å²) in [5, 5.41) is 31.6. The molecule has 0 saturated heterocycles. The fourth-order valence-corrected chi connectivity index (χ4v) is 6.74. The highest BCUT2D eigenvalue weighted by atomic mass is 32.2. The lowest BCUT2D eigenvalue weighted by atomic mass is 9.96. The van der Waals surface area contributed by atoms with Crippen molar-refractivity contribution in [2.24, 2.45) is 5.92 Å². The SMILES string of the molecule is O=C(COC(=O)C(F)(F)SOO[O-])OC1CCC1.O=C(COC(=O)C(F)(F)SOO[O-])OC1CCCCCC1.O=C(COC(=O)C(F)(F)SOO[O-])OC1CCCCCCC1.O=C(COC(=O)C(F)(F)SOO[O-])OCC1CC1. The Balaban J connectivity index is 0.000000529. The van der Waals surface area contributed by atoms with Gasteiger partial charge in [0.1, 0.15) is 66.5 Å². The number of ether oxygens (including phenoxy) is 8. The zero-order valence-corrected chi connectivity index (χ0v) is 43.9. The van der Waals surface area contributed by atoms with Crippen LogP contribution in [0.4, 0.5) is 35.1 Å². The molecule has 0 N–H and O–H groups in total. The zero-order valence-electron chi connectivity index (χ0n) is 40.7.